The fraction of sp³-hybridized carbons (Fsp3) is 0.167. The lowest BCUT2D eigenvalue weighted by molar-refractivity contribution is 0.226. The number of benzene rings is 3. The molecule has 0 atom stereocenters. The standard InChI is InChI=1S/C30H25ClN4O3S/c1-34(18-21-5-3-20(17-32)4-6-21)13-14-38-26-12-11-24(15-27(26)37-2)35-19-33-25-16-28(39-29(25)30(35)36)22-7-9-23(31)10-8-22/h3-12,15-16,19H,13-14,18H2,1-2H3. The summed E-state index contributed by atoms with van der Waals surface area (Å²) >= 11 is 7.42. The number of hydrogen-bond donors (Lipinski definition) is 0. The van der Waals surface area contributed by atoms with Gasteiger partial charge in [-0.2, -0.15) is 5.26 Å². The number of halogens is 1. The highest BCUT2D eigenvalue weighted by molar-refractivity contribution is 7.22. The zero-order valence-electron chi connectivity index (χ0n) is 21.4. The van der Waals surface area contributed by atoms with E-state index in [9.17, 15) is 4.79 Å². The molecule has 9 heteroatoms. The van der Waals surface area contributed by atoms with Crippen LogP contribution in [0.1, 0.15) is 11.1 Å². The van der Waals surface area contributed by atoms with Crippen molar-refractivity contribution in [2.45, 2.75) is 6.54 Å². The van der Waals surface area contributed by atoms with E-state index in [0.29, 0.717) is 51.1 Å². The fourth-order valence-corrected chi connectivity index (χ4v) is 5.34. The summed E-state index contributed by atoms with van der Waals surface area (Å²) in [7, 11) is 3.59. The molecule has 0 unspecified atom stereocenters. The molecular formula is C30H25ClN4O3S. The number of methoxy groups -OCH3 is 1. The van der Waals surface area contributed by atoms with Crippen LogP contribution < -0.4 is 15.0 Å². The lowest BCUT2D eigenvalue weighted by atomic mass is 10.1. The van der Waals surface area contributed by atoms with Gasteiger partial charge in [0.15, 0.2) is 11.5 Å². The van der Waals surface area contributed by atoms with Gasteiger partial charge in [-0.15, -0.1) is 11.3 Å². The van der Waals surface area contributed by atoms with Gasteiger partial charge >= 0.3 is 0 Å². The first-order valence-electron chi connectivity index (χ1n) is 12.2. The van der Waals surface area contributed by atoms with Gasteiger partial charge in [0.25, 0.3) is 5.56 Å². The molecule has 0 radical (unpaired) electrons. The molecule has 196 valence electrons. The van der Waals surface area contributed by atoms with Gasteiger partial charge in [-0.1, -0.05) is 35.9 Å². The van der Waals surface area contributed by atoms with E-state index in [1.165, 1.54) is 22.2 Å². The van der Waals surface area contributed by atoms with Gasteiger partial charge in [0, 0.05) is 29.1 Å². The van der Waals surface area contributed by atoms with Crippen molar-refractivity contribution in [1.82, 2.24) is 14.5 Å². The number of thiophene rings is 1. The number of fused-ring (bicyclic) bond motifs is 1. The minimum absolute atomic E-state index is 0.148. The second kappa shape index (κ2) is 11.7. The quantitative estimate of drug-likeness (QED) is 0.216. The minimum atomic E-state index is -0.148. The molecule has 2 heterocycles. The first-order valence-corrected chi connectivity index (χ1v) is 13.4. The molecule has 39 heavy (non-hydrogen) atoms. The number of likely N-dealkylation sites (N-methyl/N-ethyl adjacent to an activating group) is 1. The summed E-state index contributed by atoms with van der Waals surface area (Å²) in [5.74, 6) is 1.12. The Morgan fingerprint density at radius 2 is 1.82 bits per heavy atom. The second-order valence-corrected chi connectivity index (χ2v) is 10.5. The summed E-state index contributed by atoms with van der Waals surface area (Å²) in [6.45, 7) is 1.89. The Balaban J connectivity index is 1.29. The molecule has 2 aromatic heterocycles. The highest BCUT2D eigenvalue weighted by atomic mass is 35.5. The van der Waals surface area contributed by atoms with Crippen molar-refractivity contribution in [1.29, 1.82) is 5.26 Å². The van der Waals surface area contributed by atoms with Crippen LogP contribution in [-0.2, 0) is 6.54 Å². The Morgan fingerprint density at radius 3 is 2.54 bits per heavy atom. The summed E-state index contributed by atoms with van der Waals surface area (Å²) in [4.78, 5) is 21.0. The Morgan fingerprint density at radius 1 is 1.05 bits per heavy atom. The number of aromatic nitrogens is 2. The molecule has 0 amide bonds. The summed E-state index contributed by atoms with van der Waals surface area (Å²) in [5, 5.41) is 9.62. The van der Waals surface area contributed by atoms with Crippen LogP contribution in [0.4, 0.5) is 0 Å². The van der Waals surface area contributed by atoms with Crippen molar-refractivity contribution in [2.24, 2.45) is 0 Å². The van der Waals surface area contributed by atoms with E-state index in [2.05, 4.69) is 16.0 Å². The molecule has 0 saturated carbocycles. The lowest BCUT2D eigenvalue weighted by Gasteiger charge is -2.18. The van der Waals surface area contributed by atoms with Crippen LogP contribution in [0.25, 0.3) is 26.3 Å². The van der Waals surface area contributed by atoms with Crippen molar-refractivity contribution in [3.63, 3.8) is 0 Å². The van der Waals surface area contributed by atoms with Crippen molar-refractivity contribution < 1.29 is 9.47 Å². The van der Waals surface area contributed by atoms with E-state index in [1.54, 1.807) is 19.2 Å². The second-order valence-electron chi connectivity index (χ2n) is 8.98. The maximum Gasteiger partial charge on any atom is 0.275 e. The topological polar surface area (TPSA) is 80.4 Å². The van der Waals surface area contributed by atoms with Crippen LogP contribution in [0.3, 0.4) is 0 Å². The average molecular weight is 557 g/mol. The van der Waals surface area contributed by atoms with E-state index in [0.717, 1.165) is 22.5 Å². The maximum absolute atomic E-state index is 13.4. The maximum atomic E-state index is 13.4. The van der Waals surface area contributed by atoms with Crippen molar-refractivity contribution >= 4 is 33.2 Å². The smallest absolute Gasteiger partial charge is 0.275 e. The SMILES string of the molecule is COc1cc(-n2cnc3cc(-c4ccc(Cl)cc4)sc3c2=O)ccc1OCCN(C)Cc1ccc(C#N)cc1. The van der Waals surface area contributed by atoms with E-state index in [1.807, 2.05) is 67.7 Å². The third-order valence-corrected chi connectivity index (χ3v) is 7.67. The number of nitrogens with zero attached hydrogens (tertiary/aromatic N) is 4. The molecule has 5 aromatic rings. The van der Waals surface area contributed by atoms with Crippen LogP contribution in [0.2, 0.25) is 5.02 Å². The molecule has 0 aliphatic rings. The van der Waals surface area contributed by atoms with E-state index in [4.69, 9.17) is 26.3 Å². The number of hydrogen-bond acceptors (Lipinski definition) is 7. The molecule has 0 fully saturated rings. The number of ether oxygens (including phenoxy) is 2. The summed E-state index contributed by atoms with van der Waals surface area (Å²) < 4.78 is 13.7. The van der Waals surface area contributed by atoms with Crippen molar-refractivity contribution in [3.8, 4) is 33.7 Å². The van der Waals surface area contributed by atoms with Gasteiger partial charge in [-0.05, 0) is 60.6 Å². The molecule has 0 bridgehead atoms. The van der Waals surface area contributed by atoms with Crippen molar-refractivity contribution in [2.75, 3.05) is 27.3 Å². The Hall–Kier alpha value is -4.16. The summed E-state index contributed by atoms with van der Waals surface area (Å²) in [5.41, 5.74) is 3.91. The van der Waals surface area contributed by atoms with Crippen LogP contribution in [0.5, 0.6) is 11.5 Å². The third-order valence-electron chi connectivity index (χ3n) is 6.26. The summed E-state index contributed by atoms with van der Waals surface area (Å²) in [6.07, 6.45) is 1.54. The Kier molecular flexibility index (Phi) is 7.94. The van der Waals surface area contributed by atoms with Gasteiger partial charge in [0.2, 0.25) is 0 Å². The van der Waals surface area contributed by atoms with Gasteiger partial charge in [0.05, 0.1) is 29.9 Å². The molecule has 3 aromatic carbocycles. The number of nitriles is 1. The highest BCUT2D eigenvalue weighted by Crippen LogP contribution is 2.33. The first kappa shape index (κ1) is 26.4. The Bertz CT molecular complexity index is 1710. The average Bonchev–Trinajstić information content (AvgIpc) is 3.40. The third kappa shape index (κ3) is 5.96. The largest absolute Gasteiger partial charge is 0.493 e. The zero-order valence-corrected chi connectivity index (χ0v) is 23.0. The Labute approximate surface area is 235 Å². The van der Waals surface area contributed by atoms with Crippen LogP contribution in [0.15, 0.2) is 83.9 Å². The van der Waals surface area contributed by atoms with Gasteiger partial charge in [-0.25, -0.2) is 4.98 Å². The normalized spacial score (nSPS) is 11.1. The fourth-order valence-electron chi connectivity index (χ4n) is 4.16. The van der Waals surface area contributed by atoms with E-state index in [-0.39, 0.29) is 5.56 Å². The molecule has 5 rings (SSSR count). The molecule has 0 aliphatic carbocycles. The molecule has 7 nitrogen and oxygen atoms in total. The number of rotatable bonds is 9. The molecular weight excluding hydrogens is 532 g/mol. The predicted molar refractivity (Wildman–Crippen MR) is 155 cm³/mol. The predicted octanol–water partition coefficient (Wildman–Crippen LogP) is 6.16. The first-order chi connectivity index (χ1) is 18.9. The minimum Gasteiger partial charge on any atom is -0.493 e. The monoisotopic (exact) mass is 556 g/mol. The van der Waals surface area contributed by atoms with Gasteiger partial charge in [-0.3, -0.25) is 14.3 Å². The van der Waals surface area contributed by atoms with Crippen molar-refractivity contribution in [3.05, 3.63) is 106 Å². The highest BCUT2D eigenvalue weighted by Gasteiger charge is 2.14. The van der Waals surface area contributed by atoms with E-state index < -0.39 is 0 Å². The van der Waals surface area contributed by atoms with Gasteiger partial charge < -0.3 is 9.47 Å². The van der Waals surface area contributed by atoms with Crippen LogP contribution >= 0.6 is 22.9 Å². The summed E-state index contributed by atoms with van der Waals surface area (Å²) in [6, 6.07) is 24.5. The zero-order chi connectivity index (χ0) is 27.4. The molecule has 0 N–H and O–H groups in total. The molecule has 0 aliphatic heterocycles. The van der Waals surface area contributed by atoms with E-state index >= 15 is 0 Å². The van der Waals surface area contributed by atoms with Crippen LogP contribution in [0, 0.1) is 11.3 Å². The molecule has 0 spiro atoms. The lowest BCUT2D eigenvalue weighted by Crippen LogP contribution is -2.24. The molecule has 0 saturated heterocycles. The van der Waals surface area contributed by atoms with Crippen LogP contribution in [-0.4, -0.2) is 41.8 Å². The van der Waals surface area contributed by atoms with Gasteiger partial charge in [0.1, 0.15) is 17.6 Å².